The van der Waals surface area contributed by atoms with Gasteiger partial charge in [0.25, 0.3) is 0 Å². The van der Waals surface area contributed by atoms with E-state index in [1.807, 2.05) is 32.3 Å². The maximum Gasteiger partial charge on any atom is 0.213 e. The van der Waals surface area contributed by atoms with Crippen molar-refractivity contribution in [2.45, 2.75) is 25.4 Å². The molecule has 1 aromatic carbocycles. The lowest BCUT2D eigenvalue weighted by Gasteiger charge is -2.15. The highest BCUT2D eigenvalue weighted by molar-refractivity contribution is 5.42. The van der Waals surface area contributed by atoms with Gasteiger partial charge in [0.1, 0.15) is 6.61 Å². The molecule has 1 aliphatic rings. The van der Waals surface area contributed by atoms with Gasteiger partial charge in [0.15, 0.2) is 11.6 Å². The molecule has 0 spiro atoms. The molecule has 140 valence electrons. The van der Waals surface area contributed by atoms with Crippen molar-refractivity contribution < 1.29 is 13.9 Å². The van der Waals surface area contributed by atoms with Gasteiger partial charge in [-0.05, 0) is 55.8 Å². The van der Waals surface area contributed by atoms with Gasteiger partial charge >= 0.3 is 0 Å². The van der Waals surface area contributed by atoms with E-state index in [1.165, 1.54) is 7.11 Å². The van der Waals surface area contributed by atoms with Crippen molar-refractivity contribution in [3.8, 4) is 11.6 Å². The third kappa shape index (κ3) is 4.31. The molecule has 1 aliphatic carbocycles. The summed E-state index contributed by atoms with van der Waals surface area (Å²) in [7, 11) is 5.51. The molecule has 2 aromatic rings. The number of nitrogens with one attached hydrogen (secondary N) is 1. The summed E-state index contributed by atoms with van der Waals surface area (Å²) in [4.78, 5) is 6.32. The maximum absolute atomic E-state index is 14.4. The monoisotopic (exact) mass is 359 g/mol. The summed E-state index contributed by atoms with van der Waals surface area (Å²) < 4.78 is 25.1. The molecule has 0 bridgehead atoms. The summed E-state index contributed by atoms with van der Waals surface area (Å²) in [6, 6.07) is 7.74. The fourth-order valence-electron chi connectivity index (χ4n) is 3.22. The van der Waals surface area contributed by atoms with E-state index in [0.29, 0.717) is 24.8 Å². The van der Waals surface area contributed by atoms with Crippen LogP contribution in [-0.4, -0.2) is 44.2 Å². The van der Waals surface area contributed by atoms with Crippen LogP contribution in [0, 0.1) is 5.82 Å². The minimum Gasteiger partial charge on any atom is -0.494 e. The van der Waals surface area contributed by atoms with Gasteiger partial charge in [0, 0.05) is 31.4 Å². The second-order valence-electron chi connectivity index (χ2n) is 6.78. The SMILES string of the molecule is COc1ccc2c(c1F)CCC2NCc1ccnc(OCCN(C)C)c1. The van der Waals surface area contributed by atoms with Crippen LogP contribution in [0.25, 0.3) is 0 Å². The highest BCUT2D eigenvalue weighted by Crippen LogP contribution is 2.36. The molecular formula is C20H26FN3O2. The second kappa shape index (κ2) is 8.47. The Morgan fingerprint density at radius 2 is 2.15 bits per heavy atom. The Bertz CT molecular complexity index is 752. The first-order chi connectivity index (χ1) is 12.6. The molecular weight excluding hydrogens is 333 g/mol. The first-order valence-corrected chi connectivity index (χ1v) is 8.89. The predicted molar refractivity (Wildman–Crippen MR) is 99.1 cm³/mol. The lowest BCUT2D eigenvalue weighted by atomic mass is 10.1. The number of methoxy groups -OCH3 is 1. The van der Waals surface area contributed by atoms with Gasteiger partial charge < -0.3 is 19.7 Å². The first kappa shape index (κ1) is 18.6. The number of benzene rings is 1. The molecule has 3 rings (SSSR count). The largest absolute Gasteiger partial charge is 0.494 e. The summed E-state index contributed by atoms with van der Waals surface area (Å²) in [5, 5.41) is 3.52. The topological polar surface area (TPSA) is 46.6 Å². The van der Waals surface area contributed by atoms with Gasteiger partial charge in [-0.2, -0.15) is 0 Å². The maximum atomic E-state index is 14.4. The van der Waals surface area contributed by atoms with E-state index in [2.05, 4.69) is 15.2 Å². The molecule has 1 heterocycles. The van der Waals surface area contributed by atoms with E-state index in [1.54, 1.807) is 12.3 Å². The van der Waals surface area contributed by atoms with E-state index in [4.69, 9.17) is 9.47 Å². The number of halogens is 1. The minimum atomic E-state index is -0.227. The lowest BCUT2D eigenvalue weighted by molar-refractivity contribution is 0.253. The molecule has 0 fully saturated rings. The van der Waals surface area contributed by atoms with Gasteiger partial charge in [-0.3, -0.25) is 0 Å². The number of hydrogen-bond donors (Lipinski definition) is 1. The van der Waals surface area contributed by atoms with Crippen molar-refractivity contribution in [2.75, 3.05) is 34.4 Å². The fourth-order valence-corrected chi connectivity index (χ4v) is 3.22. The lowest BCUT2D eigenvalue weighted by Crippen LogP contribution is -2.20. The van der Waals surface area contributed by atoms with Crippen molar-refractivity contribution in [1.29, 1.82) is 0 Å². The van der Waals surface area contributed by atoms with E-state index >= 15 is 0 Å². The molecule has 26 heavy (non-hydrogen) atoms. The van der Waals surface area contributed by atoms with Crippen LogP contribution in [-0.2, 0) is 13.0 Å². The molecule has 1 unspecified atom stereocenters. The Morgan fingerprint density at radius 1 is 1.31 bits per heavy atom. The zero-order chi connectivity index (χ0) is 18.5. The summed E-state index contributed by atoms with van der Waals surface area (Å²) in [6.07, 6.45) is 3.37. The zero-order valence-corrected chi connectivity index (χ0v) is 15.6. The second-order valence-corrected chi connectivity index (χ2v) is 6.78. The first-order valence-electron chi connectivity index (χ1n) is 8.89. The van der Waals surface area contributed by atoms with Crippen molar-refractivity contribution in [3.63, 3.8) is 0 Å². The fraction of sp³-hybridized carbons (Fsp3) is 0.450. The van der Waals surface area contributed by atoms with E-state index in [9.17, 15) is 4.39 Å². The Labute approximate surface area is 154 Å². The molecule has 6 heteroatoms. The Morgan fingerprint density at radius 3 is 2.92 bits per heavy atom. The average Bonchev–Trinajstić information content (AvgIpc) is 3.04. The average molecular weight is 359 g/mol. The minimum absolute atomic E-state index is 0.150. The van der Waals surface area contributed by atoms with Gasteiger partial charge in [-0.1, -0.05) is 6.07 Å². The molecule has 0 radical (unpaired) electrons. The molecule has 0 aliphatic heterocycles. The van der Waals surface area contributed by atoms with Crippen LogP contribution in [0.4, 0.5) is 4.39 Å². The van der Waals surface area contributed by atoms with Crippen molar-refractivity contribution in [1.82, 2.24) is 15.2 Å². The third-order valence-corrected chi connectivity index (χ3v) is 4.66. The Balaban J connectivity index is 1.60. The molecule has 1 N–H and O–H groups in total. The van der Waals surface area contributed by atoms with Crippen LogP contribution in [0.15, 0.2) is 30.5 Å². The highest BCUT2D eigenvalue weighted by Gasteiger charge is 2.26. The number of likely N-dealkylation sites (N-methyl/N-ethyl adjacent to an activating group) is 1. The van der Waals surface area contributed by atoms with Gasteiger partial charge in [0.05, 0.1) is 7.11 Å². The summed E-state index contributed by atoms with van der Waals surface area (Å²) in [5.74, 6) is 0.724. The molecule has 0 saturated heterocycles. The van der Waals surface area contributed by atoms with Crippen molar-refractivity contribution in [3.05, 3.63) is 53.0 Å². The molecule has 5 nitrogen and oxygen atoms in total. The molecule has 0 amide bonds. The summed E-state index contributed by atoms with van der Waals surface area (Å²) in [5.41, 5.74) is 2.89. The van der Waals surface area contributed by atoms with Crippen LogP contribution in [0.3, 0.4) is 0 Å². The highest BCUT2D eigenvalue weighted by atomic mass is 19.1. The summed E-state index contributed by atoms with van der Waals surface area (Å²) >= 11 is 0. The van der Waals surface area contributed by atoms with Crippen LogP contribution in [0.5, 0.6) is 11.6 Å². The Hall–Kier alpha value is -2.18. The van der Waals surface area contributed by atoms with Gasteiger partial charge in [-0.15, -0.1) is 0 Å². The van der Waals surface area contributed by atoms with Gasteiger partial charge in [-0.25, -0.2) is 9.37 Å². The van der Waals surface area contributed by atoms with Crippen molar-refractivity contribution >= 4 is 0 Å². The van der Waals surface area contributed by atoms with E-state index < -0.39 is 0 Å². The Kier molecular flexibility index (Phi) is 6.06. The van der Waals surface area contributed by atoms with Gasteiger partial charge in [0.2, 0.25) is 5.88 Å². The standard InChI is InChI=1S/C20H26FN3O2/c1-24(2)10-11-26-19-12-14(8-9-22-19)13-23-17-6-4-16-15(17)5-7-18(25-3)20(16)21/h5,7-9,12,17,23H,4,6,10-11,13H2,1-3H3. The number of hydrogen-bond acceptors (Lipinski definition) is 5. The number of aromatic nitrogens is 1. The smallest absolute Gasteiger partial charge is 0.213 e. The summed E-state index contributed by atoms with van der Waals surface area (Å²) in [6.45, 7) is 2.14. The van der Waals surface area contributed by atoms with Crippen LogP contribution < -0.4 is 14.8 Å². The molecule has 1 aromatic heterocycles. The van der Waals surface area contributed by atoms with Crippen LogP contribution >= 0.6 is 0 Å². The van der Waals surface area contributed by atoms with E-state index in [-0.39, 0.29) is 11.9 Å². The number of pyridine rings is 1. The zero-order valence-electron chi connectivity index (χ0n) is 15.6. The molecule has 1 atom stereocenters. The molecule has 0 saturated carbocycles. The number of nitrogens with zero attached hydrogens (tertiary/aromatic N) is 2. The number of fused-ring (bicyclic) bond motifs is 1. The third-order valence-electron chi connectivity index (χ3n) is 4.66. The normalized spacial score (nSPS) is 16.0. The van der Waals surface area contributed by atoms with Crippen molar-refractivity contribution in [2.24, 2.45) is 0 Å². The quantitative estimate of drug-likeness (QED) is 0.785. The number of rotatable bonds is 8. The predicted octanol–water partition coefficient (Wildman–Crippen LogP) is 2.95. The van der Waals surface area contributed by atoms with E-state index in [0.717, 1.165) is 36.1 Å². The van der Waals surface area contributed by atoms with Crippen LogP contribution in [0.2, 0.25) is 0 Å². The van der Waals surface area contributed by atoms with Crippen LogP contribution in [0.1, 0.15) is 29.2 Å². The number of ether oxygens (including phenoxy) is 2.